The largest absolute Gasteiger partial charge is 0.351 e. The van der Waals surface area contributed by atoms with E-state index < -0.39 is 5.41 Å². The van der Waals surface area contributed by atoms with Gasteiger partial charge in [0.15, 0.2) is 0 Å². The van der Waals surface area contributed by atoms with Gasteiger partial charge in [0.1, 0.15) is 5.41 Å². The van der Waals surface area contributed by atoms with Gasteiger partial charge < -0.3 is 10.2 Å². The fourth-order valence-electron chi connectivity index (χ4n) is 2.53. The highest BCUT2D eigenvalue weighted by Crippen LogP contribution is 2.19. The number of amides is 2. The Hall–Kier alpha value is -2.40. The minimum Gasteiger partial charge on any atom is -0.351 e. The molecule has 6 heteroatoms. The molecule has 26 heavy (non-hydrogen) atoms. The number of aromatic nitrogens is 1. The lowest BCUT2D eigenvalue weighted by atomic mass is 9.90. The third-order valence-electron chi connectivity index (χ3n) is 4.30. The summed E-state index contributed by atoms with van der Waals surface area (Å²) in [6.45, 7) is 4.19. The number of carbonyl (C=O) groups excluding carboxylic acids is 2. The van der Waals surface area contributed by atoms with E-state index >= 15 is 0 Å². The van der Waals surface area contributed by atoms with E-state index in [9.17, 15) is 9.59 Å². The Balaban J connectivity index is 1.90. The summed E-state index contributed by atoms with van der Waals surface area (Å²) in [7, 11) is 1.72. The van der Waals surface area contributed by atoms with Crippen LogP contribution in [0.3, 0.4) is 0 Å². The Labute approximate surface area is 159 Å². The molecule has 138 valence electrons. The fraction of sp³-hybridized carbons (Fsp3) is 0.350. The molecule has 0 aliphatic heterocycles. The van der Waals surface area contributed by atoms with E-state index in [1.807, 2.05) is 24.3 Å². The third-order valence-corrected chi connectivity index (χ3v) is 4.55. The molecule has 0 fully saturated rings. The monoisotopic (exact) mass is 373 g/mol. The maximum absolute atomic E-state index is 12.7. The van der Waals surface area contributed by atoms with E-state index in [1.165, 1.54) is 0 Å². The van der Waals surface area contributed by atoms with Gasteiger partial charge in [-0.15, -0.1) is 0 Å². The normalized spacial score (nSPS) is 11.1. The van der Waals surface area contributed by atoms with Gasteiger partial charge in [0.05, 0.1) is 0 Å². The van der Waals surface area contributed by atoms with Gasteiger partial charge in [-0.1, -0.05) is 23.7 Å². The molecule has 0 spiro atoms. The number of rotatable bonds is 7. The Morgan fingerprint density at radius 1 is 1.08 bits per heavy atom. The summed E-state index contributed by atoms with van der Waals surface area (Å²) in [5, 5.41) is 3.48. The van der Waals surface area contributed by atoms with E-state index in [1.54, 1.807) is 50.3 Å². The number of likely N-dealkylation sites (N-methyl/N-ethyl adjacent to an activating group) is 1. The van der Waals surface area contributed by atoms with Crippen LogP contribution < -0.4 is 5.32 Å². The van der Waals surface area contributed by atoms with Crippen LogP contribution in [0, 0.1) is 5.41 Å². The molecule has 2 amide bonds. The summed E-state index contributed by atoms with van der Waals surface area (Å²) < 4.78 is 0. The van der Waals surface area contributed by atoms with Crippen molar-refractivity contribution in [2.75, 3.05) is 13.6 Å². The van der Waals surface area contributed by atoms with E-state index in [-0.39, 0.29) is 11.8 Å². The first-order valence-corrected chi connectivity index (χ1v) is 8.85. The quantitative estimate of drug-likeness (QED) is 0.758. The Bertz CT molecular complexity index is 745. The Kier molecular flexibility index (Phi) is 6.75. The van der Waals surface area contributed by atoms with Crippen LogP contribution in [0.4, 0.5) is 0 Å². The van der Waals surface area contributed by atoms with Gasteiger partial charge >= 0.3 is 0 Å². The maximum atomic E-state index is 12.7. The second kappa shape index (κ2) is 8.81. The number of carbonyl (C=O) groups is 2. The highest BCUT2D eigenvalue weighted by molar-refractivity contribution is 6.30. The first kappa shape index (κ1) is 19.9. The van der Waals surface area contributed by atoms with Crippen LogP contribution in [-0.4, -0.2) is 35.3 Å². The summed E-state index contributed by atoms with van der Waals surface area (Å²) in [6, 6.07) is 11.1. The highest BCUT2D eigenvalue weighted by atomic mass is 35.5. The SMILES string of the molecule is CN(CCc1ccncc1)C(=O)C(C)(C)C(=O)NCc1ccc(Cl)cc1. The molecule has 0 aliphatic carbocycles. The summed E-state index contributed by atoms with van der Waals surface area (Å²) in [5.41, 5.74) is 0.890. The molecule has 0 saturated carbocycles. The van der Waals surface area contributed by atoms with Crippen molar-refractivity contribution in [3.8, 4) is 0 Å². The molecule has 0 bridgehead atoms. The van der Waals surface area contributed by atoms with E-state index in [4.69, 9.17) is 11.6 Å². The zero-order valence-corrected chi connectivity index (χ0v) is 16.1. The lowest BCUT2D eigenvalue weighted by molar-refractivity contribution is -0.147. The molecule has 0 unspecified atom stereocenters. The zero-order chi connectivity index (χ0) is 19.2. The van der Waals surface area contributed by atoms with Crippen molar-refractivity contribution in [3.05, 3.63) is 64.9 Å². The molecule has 2 rings (SSSR count). The minimum absolute atomic E-state index is 0.208. The molecule has 0 radical (unpaired) electrons. The molecule has 0 saturated heterocycles. The second-order valence-corrected chi connectivity index (χ2v) is 7.20. The Morgan fingerprint density at radius 2 is 1.69 bits per heavy atom. The molecule has 0 aliphatic rings. The van der Waals surface area contributed by atoms with Crippen LogP contribution in [0.5, 0.6) is 0 Å². The van der Waals surface area contributed by atoms with Gasteiger partial charge in [-0.3, -0.25) is 14.6 Å². The fourth-order valence-corrected chi connectivity index (χ4v) is 2.65. The number of hydrogen-bond acceptors (Lipinski definition) is 3. The van der Waals surface area contributed by atoms with Gasteiger partial charge in [-0.25, -0.2) is 0 Å². The average molecular weight is 374 g/mol. The standard InChI is InChI=1S/C20H24ClN3O2/c1-20(2,18(25)23-14-16-4-6-17(21)7-5-16)19(26)24(3)13-10-15-8-11-22-12-9-15/h4-9,11-12H,10,13-14H2,1-3H3,(H,23,25). The van der Waals surface area contributed by atoms with Crippen molar-refractivity contribution in [1.82, 2.24) is 15.2 Å². The zero-order valence-electron chi connectivity index (χ0n) is 15.3. The van der Waals surface area contributed by atoms with Gasteiger partial charge in [0, 0.05) is 37.6 Å². The van der Waals surface area contributed by atoms with Crippen LogP contribution in [0.15, 0.2) is 48.8 Å². The van der Waals surface area contributed by atoms with Gasteiger partial charge in [0.25, 0.3) is 0 Å². The van der Waals surface area contributed by atoms with E-state index in [0.29, 0.717) is 24.5 Å². The van der Waals surface area contributed by atoms with Crippen molar-refractivity contribution in [2.24, 2.45) is 5.41 Å². The van der Waals surface area contributed by atoms with Crippen LogP contribution in [0.2, 0.25) is 5.02 Å². The first-order valence-electron chi connectivity index (χ1n) is 8.48. The van der Waals surface area contributed by atoms with Crippen LogP contribution in [-0.2, 0) is 22.6 Å². The lowest BCUT2D eigenvalue weighted by Gasteiger charge is -2.28. The van der Waals surface area contributed by atoms with Crippen molar-refractivity contribution >= 4 is 23.4 Å². The summed E-state index contributed by atoms with van der Waals surface area (Å²) in [4.78, 5) is 30.8. The summed E-state index contributed by atoms with van der Waals surface area (Å²) in [6.07, 6.45) is 4.17. The van der Waals surface area contributed by atoms with Crippen molar-refractivity contribution < 1.29 is 9.59 Å². The summed E-state index contributed by atoms with van der Waals surface area (Å²) in [5.74, 6) is -0.506. The van der Waals surface area contributed by atoms with Crippen LogP contribution in [0.1, 0.15) is 25.0 Å². The average Bonchev–Trinajstić information content (AvgIpc) is 2.65. The summed E-state index contributed by atoms with van der Waals surface area (Å²) >= 11 is 5.86. The first-order chi connectivity index (χ1) is 12.3. The number of pyridine rings is 1. The number of halogens is 1. The second-order valence-electron chi connectivity index (χ2n) is 6.77. The number of nitrogens with one attached hydrogen (secondary N) is 1. The van der Waals surface area contributed by atoms with Gasteiger partial charge in [-0.2, -0.15) is 0 Å². The number of nitrogens with zero attached hydrogens (tertiary/aromatic N) is 2. The molecule has 0 atom stereocenters. The molecule has 1 aromatic heterocycles. The van der Waals surface area contributed by atoms with Crippen LogP contribution >= 0.6 is 11.6 Å². The molecular weight excluding hydrogens is 350 g/mol. The molecule has 1 heterocycles. The molecule has 1 N–H and O–H groups in total. The number of hydrogen-bond donors (Lipinski definition) is 1. The van der Waals surface area contributed by atoms with Crippen molar-refractivity contribution in [3.63, 3.8) is 0 Å². The third kappa shape index (κ3) is 5.30. The van der Waals surface area contributed by atoms with Gasteiger partial charge in [-0.05, 0) is 55.7 Å². The lowest BCUT2D eigenvalue weighted by Crippen LogP contribution is -2.48. The predicted molar refractivity (Wildman–Crippen MR) is 103 cm³/mol. The number of benzene rings is 1. The smallest absolute Gasteiger partial charge is 0.237 e. The maximum Gasteiger partial charge on any atom is 0.237 e. The molecule has 2 aromatic rings. The molecule has 5 nitrogen and oxygen atoms in total. The van der Waals surface area contributed by atoms with E-state index in [2.05, 4.69) is 10.3 Å². The van der Waals surface area contributed by atoms with Crippen LogP contribution in [0.25, 0.3) is 0 Å². The molecule has 1 aromatic carbocycles. The predicted octanol–water partition coefficient (Wildman–Crippen LogP) is 3.08. The minimum atomic E-state index is -1.14. The van der Waals surface area contributed by atoms with Gasteiger partial charge in [0.2, 0.25) is 11.8 Å². The topological polar surface area (TPSA) is 62.3 Å². The Morgan fingerprint density at radius 3 is 2.31 bits per heavy atom. The van der Waals surface area contributed by atoms with Crippen molar-refractivity contribution in [2.45, 2.75) is 26.8 Å². The van der Waals surface area contributed by atoms with Crippen molar-refractivity contribution in [1.29, 1.82) is 0 Å². The van der Waals surface area contributed by atoms with E-state index in [0.717, 1.165) is 11.1 Å². The highest BCUT2D eigenvalue weighted by Gasteiger charge is 2.37. The molecular formula is C20H24ClN3O2.